The summed E-state index contributed by atoms with van der Waals surface area (Å²) in [5.74, 6) is 0.916. The summed E-state index contributed by atoms with van der Waals surface area (Å²) >= 11 is 0. The molecule has 5 nitrogen and oxygen atoms in total. The molecule has 0 saturated carbocycles. The van der Waals surface area contributed by atoms with Gasteiger partial charge in [-0.1, -0.05) is 70.9 Å². The maximum absolute atomic E-state index is 12.1. The van der Waals surface area contributed by atoms with Crippen LogP contribution < -0.4 is 14.2 Å². The zero-order chi connectivity index (χ0) is 24.4. The van der Waals surface area contributed by atoms with Gasteiger partial charge in [0.2, 0.25) is 0 Å². The molecule has 2 rings (SSSR count). The smallest absolute Gasteiger partial charge is 0.336 e. The van der Waals surface area contributed by atoms with Gasteiger partial charge in [0.25, 0.3) is 0 Å². The van der Waals surface area contributed by atoms with Crippen LogP contribution in [0.5, 0.6) is 17.2 Å². The zero-order valence-corrected chi connectivity index (χ0v) is 20.3. The van der Waals surface area contributed by atoms with Crippen LogP contribution in [0.1, 0.15) is 76.7 Å². The van der Waals surface area contributed by atoms with Crippen molar-refractivity contribution in [2.45, 2.75) is 71.1 Å². The van der Waals surface area contributed by atoms with E-state index in [0.29, 0.717) is 24.5 Å². The molecule has 0 atom stereocenters. The lowest BCUT2D eigenvalue weighted by Gasteiger charge is -2.06. The zero-order valence-electron chi connectivity index (χ0n) is 20.3. The number of ether oxygens (including phenoxy) is 3. The molecule has 0 aliphatic rings. The van der Waals surface area contributed by atoms with Crippen molar-refractivity contribution in [3.63, 3.8) is 0 Å². The van der Waals surface area contributed by atoms with Gasteiger partial charge < -0.3 is 14.2 Å². The van der Waals surface area contributed by atoms with Crippen LogP contribution in [0, 0.1) is 6.92 Å². The number of esters is 2. The second-order valence-corrected chi connectivity index (χ2v) is 8.20. The standard InChI is InChI=1S/C29H37O5/c1-3-5-7-9-11-23-32-25-16-13-24(14-17-25)15-22-29(31)34-27-20-18-26(19-21-27)33-28(30)12-10-8-6-4-2/h13-22H,1,3-12,23H2,2H3/b22-15+. The van der Waals surface area contributed by atoms with Crippen LogP contribution in [0.2, 0.25) is 0 Å². The summed E-state index contributed by atoms with van der Waals surface area (Å²) in [6, 6.07) is 14.0. The summed E-state index contributed by atoms with van der Waals surface area (Å²) < 4.78 is 16.4. The fourth-order valence-corrected chi connectivity index (χ4v) is 3.27. The SMILES string of the molecule is [CH2]CCCCCCOc1ccc(/C=C/C(=O)Oc2ccc(OC(=O)CCCCCC)cc2)cc1. The number of benzene rings is 2. The number of hydrogen-bond donors (Lipinski definition) is 0. The molecule has 34 heavy (non-hydrogen) atoms. The maximum Gasteiger partial charge on any atom is 0.336 e. The Morgan fingerprint density at radius 1 is 0.765 bits per heavy atom. The Hall–Kier alpha value is -3.08. The van der Waals surface area contributed by atoms with Crippen molar-refractivity contribution in [3.8, 4) is 17.2 Å². The molecule has 0 aliphatic heterocycles. The third-order valence-corrected chi connectivity index (χ3v) is 5.21. The highest BCUT2D eigenvalue weighted by molar-refractivity contribution is 5.88. The maximum atomic E-state index is 12.1. The van der Waals surface area contributed by atoms with Crippen molar-refractivity contribution in [2.24, 2.45) is 0 Å². The van der Waals surface area contributed by atoms with Gasteiger partial charge in [-0.2, -0.15) is 0 Å². The topological polar surface area (TPSA) is 61.8 Å². The normalized spacial score (nSPS) is 10.9. The summed E-state index contributed by atoms with van der Waals surface area (Å²) in [6.45, 7) is 6.68. The van der Waals surface area contributed by atoms with Crippen molar-refractivity contribution in [1.82, 2.24) is 0 Å². The highest BCUT2D eigenvalue weighted by Crippen LogP contribution is 2.19. The Morgan fingerprint density at radius 3 is 2.06 bits per heavy atom. The van der Waals surface area contributed by atoms with Crippen LogP contribution in [0.15, 0.2) is 54.6 Å². The molecule has 0 amide bonds. The molecule has 1 radical (unpaired) electrons. The Morgan fingerprint density at radius 2 is 1.38 bits per heavy atom. The molecule has 0 fully saturated rings. The molecule has 2 aromatic rings. The van der Waals surface area contributed by atoms with Crippen molar-refractivity contribution >= 4 is 18.0 Å². The molecular weight excluding hydrogens is 428 g/mol. The van der Waals surface area contributed by atoms with Gasteiger partial charge in [-0.25, -0.2) is 4.79 Å². The summed E-state index contributed by atoms with van der Waals surface area (Å²) in [6.07, 6.45) is 13.2. The van der Waals surface area contributed by atoms with Crippen molar-refractivity contribution in [1.29, 1.82) is 0 Å². The van der Waals surface area contributed by atoms with Crippen LogP contribution >= 0.6 is 0 Å². The van der Waals surface area contributed by atoms with E-state index in [4.69, 9.17) is 14.2 Å². The predicted octanol–water partition coefficient (Wildman–Crippen LogP) is 7.34. The fourth-order valence-electron chi connectivity index (χ4n) is 3.27. The molecule has 0 bridgehead atoms. The van der Waals surface area contributed by atoms with E-state index >= 15 is 0 Å². The van der Waals surface area contributed by atoms with Gasteiger partial charge in [-0.05, 0) is 60.9 Å². The summed E-state index contributed by atoms with van der Waals surface area (Å²) in [7, 11) is 0. The molecule has 2 aromatic carbocycles. The second kappa shape index (κ2) is 16.5. The lowest BCUT2D eigenvalue weighted by atomic mass is 10.1. The third kappa shape index (κ3) is 11.7. The highest BCUT2D eigenvalue weighted by Gasteiger charge is 2.06. The third-order valence-electron chi connectivity index (χ3n) is 5.21. The number of rotatable bonds is 16. The molecule has 0 aromatic heterocycles. The van der Waals surface area contributed by atoms with Crippen LogP contribution in [0.25, 0.3) is 6.08 Å². The minimum atomic E-state index is -0.483. The Kier molecular flexibility index (Phi) is 13.2. The first kappa shape index (κ1) is 27.2. The van der Waals surface area contributed by atoms with Crippen LogP contribution in [-0.4, -0.2) is 18.5 Å². The molecule has 0 heterocycles. The van der Waals surface area contributed by atoms with Gasteiger partial charge in [0.1, 0.15) is 17.2 Å². The first-order chi connectivity index (χ1) is 16.6. The molecule has 5 heteroatoms. The van der Waals surface area contributed by atoms with E-state index in [-0.39, 0.29) is 5.97 Å². The summed E-state index contributed by atoms with van der Waals surface area (Å²) in [4.78, 5) is 24.0. The molecular formula is C29H37O5. The van der Waals surface area contributed by atoms with E-state index in [0.717, 1.165) is 56.3 Å². The van der Waals surface area contributed by atoms with Crippen LogP contribution in [-0.2, 0) is 9.59 Å². The average molecular weight is 466 g/mol. The van der Waals surface area contributed by atoms with Crippen molar-refractivity contribution in [3.05, 3.63) is 67.1 Å². The van der Waals surface area contributed by atoms with Gasteiger partial charge >= 0.3 is 11.9 Å². The molecule has 0 spiro atoms. The molecule has 0 saturated heterocycles. The average Bonchev–Trinajstić information content (AvgIpc) is 2.85. The Labute approximate surface area is 204 Å². The van der Waals surface area contributed by atoms with Crippen LogP contribution in [0.4, 0.5) is 0 Å². The van der Waals surface area contributed by atoms with Gasteiger partial charge in [0.05, 0.1) is 6.61 Å². The highest BCUT2D eigenvalue weighted by atomic mass is 16.5. The van der Waals surface area contributed by atoms with Crippen LogP contribution in [0.3, 0.4) is 0 Å². The molecule has 0 aliphatic carbocycles. The molecule has 0 unspecified atom stereocenters. The fraction of sp³-hybridized carbons (Fsp3) is 0.414. The number of unbranched alkanes of at least 4 members (excludes halogenated alkanes) is 7. The monoisotopic (exact) mass is 465 g/mol. The number of hydrogen-bond acceptors (Lipinski definition) is 5. The van der Waals surface area contributed by atoms with Gasteiger partial charge in [0.15, 0.2) is 0 Å². The minimum Gasteiger partial charge on any atom is -0.494 e. The van der Waals surface area contributed by atoms with Crippen molar-refractivity contribution in [2.75, 3.05) is 6.61 Å². The van der Waals surface area contributed by atoms with E-state index in [1.54, 1.807) is 30.3 Å². The second-order valence-electron chi connectivity index (χ2n) is 8.20. The first-order valence-corrected chi connectivity index (χ1v) is 12.3. The molecule has 183 valence electrons. The van der Waals surface area contributed by atoms with Gasteiger partial charge in [-0.3, -0.25) is 4.79 Å². The minimum absolute atomic E-state index is 0.245. The summed E-state index contributed by atoms with van der Waals surface area (Å²) in [5, 5.41) is 0. The van der Waals surface area contributed by atoms with E-state index in [9.17, 15) is 9.59 Å². The van der Waals surface area contributed by atoms with E-state index < -0.39 is 5.97 Å². The van der Waals surface area contributed by atoms with Gasteiger partial charge in [0, 0.05) is 12.5 Å². The predicted molar refractivity (Wildman–Crippen MR) is 136 cm³/mol. The lowest BCUT2D eigenvalue weighted by molar-refractivity contribution is -0.134. The Balaban J connectivity index is 1.71. The first-order valence-electron chi connectivity index (χ1n) is 12.3. The van der Waals surface area contributed by atoms with E-state index in [1.165, 1.54) is 18.9 Å². The Bertz CT molecular complexity index is 868. The molecule has 0 N–H and O–H groups in total. The van der Waals surface area contributed by atoms with E-state index in [2.05, 4.69) is 13.8 Å². The number of carbonyl (C=O) groups excluding carboxylic acids is 2. The quantitative estimate of drug-likeness (QED) is 0.112. The van der Waals surface area contributed by atoms with Crippen molar-refractivity contribution < 1.29 is 23.8 Å². The lowest BCUT2D eigenvalue weighted by Crippen LogP contribution is -2.07. The van der Waals surface area contributed by atoms with E-state index in [1.807, 2.05) is 24.3 Å². The largest absolute Gasteiger partial charge is 0.494 e. The van der Waals surface area contributed by atoms with Gasteiger partial charge in [-0.15, -0.1) is 0 Å². The summed E-state index contributed by atoms with van der Waals surface area (Å²) in [5.41, 5.74) is 0.876. The number of carbonyl (C=O) groups is 2.